The Kier molecular flexibility index (Phi) is 5.27. The van der Waals surface area contributed by atoms with Gasteiger partial charge >= 0.3 is 0 Å². The molecule has 0 aliphatic heterocycles. The normalized spacial score (nSPS) is 15.7. The molecule has 0 aromatic heterocycles. The Hall–Kier alpha value is -2.08. The van der Waals surface area contributed by atoms with Crippen LogP contribution in [-0.2, 0) is 12.0 Å². The molecule has 0 bridgehead atoms. The van der Waals surface area contributed by atoms with Crippen LogP contribution >= 0.6 is 15.9 Å². The summed E-state index contributed by atoms with van der Waals surface area (Å²) in [7, 11) is 1.71. The molecule has 4 nitrogen and oxygen atoms in total. The molecule has 1 aliphatic rings. The Morgan fingerprint density at radius 1 is 1.24 bits per heavy atom. The van der Waals surface area contributed by atoms with E-state index in [1.807, 2.05) is 6.07 Å². The number of halogens is 2. The van der Waals surface area contributed by atoms with E-state index < -0.39 is 5.82 Å². The summed E-state index contributed by atoms with van der Waals surface area (Å²) < 4.78 is 14.5. The fourth-order valence-corrected chi connectivity index (χ4v) is 3.26. The molecule has 0 saturated heterocycles. The van der Waals surface area contributed by atoms with Crippen molar-refractivity contribution in [3.05, 3.63) is 63.9 Å². The molecule has 2 aromatic carbocycles. The molecule has 132 valence electrons. The van der Waals surface area contributed by atoms with Gasteiger partial charge in [-0.25, -0.2) is 4.39 Å². The predicted molar refractivity (Wildman–Crippen MR) is 101 cm³/mol. The van der Waals surface area contributed by atoms with E-state index in [-0.39, 0.29) is 11.2 Å². The van der Waals surface area contributed by atoms with Crippen LogP contribution in [0.5, 0.6) is 5.75 Å². The number of hydrogen-bond donors (Lipinski definition) is 3. The molecule has 0 unspecified atom stereocenters. The van der Waals surface area contributed by atoms with E-state index in [1.54, 1.807) is 13.1 Å². The number of phenols is 1. The van der Waals surface area contributed by atoms with E-state index in [1.165, 1.54) is 17.7 Å². The van der Waals surface area contributed by atoms with Gasteiger partial charge in [0, 0.05) is 30.0 Å². The lowest BCUT2D eigenvalue weighted by atomic mass is 9.96. The van der Waals surface area contributed by atoms with E-state index in [2.05, 4.69) is 49.8 Å². The lowest BCUT2D eigenvalue weighted by Gasteiger charge is -2.19. The number of guanidine groups is 1. The van der Waals surface area contributed by atoms with Crippen LogP contribution < -0.4 is 10.6 Å². The van der Waals surface area contributed by atoms with Crippen LogP contribution in [0.1, 0.15) is 24.0 Å². The topological polar surface area (TPSA) is 56.7 Å². The molecule has 25 heavy (non-hydrogen) atoms. The molecule has 6 heteroatoms. The molecular formula is C19H21BrFN3O. The van der Waals surface area contributed by atoms with Gasteiger partial charge in [-0.1, -0.05) is 34.1 Å². The zero-order valence-corrected chi connectivity index (χ0v) is 15.6. The quantitative estimate of drug-likeness (QED) is 0.525. The number of hydrogen-bond acceptors (Lipinski definition) is 2. The van der Waals surface area contributed by atoms with Crippen molar-refractivity contribution in [2.75, 3.05) is 13.6 Å². The number of aliphatic imine (C=N–C) groups is 1. The van der Waals surface area contributed by atoms with E-state index in [9.17, 15) is 9.50 Å². The monoisotopic (exact) mass is 405 g/mol. The summed E-state index contributed by atoms with van der Waals surface area (Å²) in [6.45, 7) is 1.23. The summed E-state index contributed by atoms with van der Waals surface area (Å²) >= 11 is 3.53. The highest BCUT2D eigenvalue weighted by Gasteiger charge is 2.44. The number of phenolic OH excluding ortho intramolecular Hbond substituents is 1. The van der Waals surface area contributed by atoms with Crippen LogP contribution in [0.15, 0.2) is 51.9 Å². The number of nitrogens with one attached hydrogen (secondary N) is 2. The van der Waals surface area contributed by atoms with Crippen LogP contribution in [0.25, 0.3) is 0 Å². The van der Waals surface area contributed by atoms with Gasteiger partial charge in [0.1, 0.15) is 0 Å². The maximum atomic E-state index is 13.4. The molecule has 1 fully saturated rings. The molecule has 1 saturated carbocycles. The van der Waals surface area contributed by atoms with E-state index in [4.69, 9.17) is 0 Å². The number of nitrogens with zero attached hydrogens (tertiary/aromatic N) is 1. The number of benzene rings is 2. The molecule has 2 aromatic rings. The minimum atomic E-state index is -0.617. The van der Waals surface area contributed by atoms with Crippen LogP contribution in [0.4, 0.5) is 4.39 Å². The summed E-state index contributed by atoms with van der Waals surface area (Å²) in [5.74, 6) is -0.278. The second kappa shape index (κ2) is 7.44. The molecule has 0 amide bonds. The Balaban J connectivity index is 1.57. The highest BCUT2D eigenvalue weighted by molar-refractivity contribution is 9.10. The molecule has 1 aliphatic carbocycles. The predicted octanol–water partition coefficient (Wildman–Crippen LogP) is 3.69. The maximum absolute atomic E-state index is 13.4. The zero-order valence-electron chi connectivity index (χ0n) is 14.0. The van der Waals surface area contributed by atoms with Gasteiger partial charge in [-0.15, -0.1) is 0 Å². The van der Waals surface area contributed by atoms with Gasteiger partial charge in [0.2, 0.25) is 0 Å². The Morgan fingerprint density at radius 2 is 2.04 bits per heavy atom. The van der Waals surface area contributed by atoms with Crippen molar-refractivity contribution in [3.8, 4) is 5.75 Å². The van der Waals surface area contributed by atoms with Crippen molar-refractivity contribution < 1.29 is 9.50 Å². The number of aromatic hydroxyl groups is 1. The molecule has 3 N–H and O–H groups in total. The summed E-state index contributed by atoms with van der Waals surface area (Å²) in [4.78, 5) is 4.23. The van der Waals surface area contributed by atoms with Crippen LogP contribution in [0.3, 0.4) is 0 Å². The average Bonchev–Trinajstić information content (AvgIpc) is 3.39. The van der Waals surface area contributed by atoms with Gasteiger partial charge in [-0.05, 0) is 48.2 Å². The van der Waals surface area contributed by atoms with Gasteiger partial charge in [-0.3, -0.25) is 4.99 Å². The third kappa shape index (κ3) is 4.31. The summed E-state index contributed by atoms with van der Waals surface area (Å²) in [6, 6.07) is 12.8. The Labute approximate surface area is 155 Å². The van der Waals surface area contributed by atoms with Gasteiger partial charge < -0.3 is 15.7 Å². The SMILES string of the molecule is CN=C(NCc1ccc(O)c(F)c1)NCC1(c2cccc(Br)c2)CC1. The fourth-order valence-electron chi connectivity index (χ4n) is 2.86. The molecular weight excluding hydrogens is 385 g/mol. The minimum Gasteiger partial charge on any atom is -0.505 e. The number of rotatable bonds is 5. The van der Waals surface area contributed by atoms with Gasteiger partial charge in [0.05, 0.1) is 0 Å². The average molecular weight is 406 g/mol. The van der Waals surface area contributed by atoms with Crippen LogP contribution in [0.2, 0.25) is 0 Å². The summed E-state index contributed by atoms with van der Waals surface area (Å²) in [5.41, 5.74) is 2.23. The van der Waals surface area contributed by atoms with Crippen molar-refractivity contribution in [1.82, 2.24) is 10.6 Å². The standard InChI is InChI=1S/C19H21BrFN3O/c1-22-18(23-11-13-5-6-17(25)16(21)9-13)24-12-19(7-8-19)14-3-2-4-15(20)10-14/h2-6,9-10,25H,7-8,11-12H2,1H3,(H2,22,23,24). The summed E-state index contributed by atoms with van der Waals surface area (Å²) in [6.07, 6.45) is 2.30. The first-order valence-electron chi connectivity index (χ1n) is 8.20. The van der Waals surface area contributed by atoms with Gasteiger partial charge in [0.25, 0.3) is 0 Å². The molecule has 0 heterocycles. The van der Waals surface area contributed by atoms with Crippen molar-refractivity contribution in [3.63, 3.8) is 0 Å². The fraction of sp³-hybridized carbons (Fsp3) is 0.316. The molecule has 0 spiro atoms. The Bertz CT molecular complexity index is 790. The largest absolute Gasteiger partial charge is 0.505 e. The van der Waals surface area contributed by atoms with Crippen LogP contribution in [0, 0.1) is 5.82 Å². The second-order valence-electron chi connectivity index (χ2n) is 6.36. The third-order valence-corrected chi connectivity index (χ3v) is 5.07. The minimum absolute atomic E-state index is 0.159. The lowest BCUT2D eigenvalue weighted by molar-refractivity contribution is 0.431. The molecule has 0 radical (unpaired) electrons. The molecule has 0 atom stereocenters. The zero-order chi connectivity index (χ0) is 17.9. The Morgan fingerprint density at radius 3 is 2.68 bits per heavy atom. The van der Waals surface area contributed by atoms with E-state index in [0.29, 0.717) is 12.5 Å². The van der Waals surface area contributed by atoms with Crippen molar-refractivity contribution in [1.29, 1.82) is 0 Å². The van der Waals surface area contributed by atoms with Crippen molar-refractivity contribution in [2.45, 2.75) is 24.8 Å². The van der Waals surface area contributed by atoms with Gasteiger partial charge in [-0.2, -0.15) is 0 Å². The van der Waals surface area contributed by atoms with Crippen molar-refractivity contribution in [2.24, 2.45) is 4.99 Å². The van der Waals surface area contributed by atoms with Crippen molar-refractivity contribution >= 4 is 21.9 Å². The van der Waals surface area contributed by atoms with E-state index >= 15 is 0 Å². The highest BCUT2D eigenvalue weighted by atomic mass is 79.9. The lowest BCUT2D eigenvalue weighted by Crippen LogP contribution is -2.40. The maximum Gasteiger partial charge on any atom is 0.191 e. The second-order valence-corrected chi connectivity index (χ2v) is 7.27. The van der Waals surface area contributed by atoms with Crippen LogP contribution in [-0.4, -0.2) is 24.7 Å². The third-order valence-electron chi connectivity index (χ3n) is 4.58. The van der Waals surface area contributed by atoms with E-state index in [0.717, 1.165) is 29.4 Å². The smallest absolute Gasteiger partial charge is 0.191 e. The van der Waals surface area contributed by atoms with Gasteiger partial charge in [0.15, 0.2) is 17.5 Å². The summed E-state index contributed by atoms with van der Waals surface area (Å²) in [5, 5.41) is 15.8. The molecule has 3 rings (SSSR count). The first-order chi connectivity index (χ1) is 12.0. The highest BCUT2D eigenvalue weighted by Crippen LogP contribution is 2.48. The first-order valence-corrected chi connectivity index (χ1v) is 9.00. The first kappa shape index (κ1) is 17.7.